The molecule has 8 aromatic carbocycles. The molecule has 0 radical (unpaired) electrons. The quantitative estimate of drug-likeness (QED) is 0.172. The number of furan rings is 1. The second-order valence-corrected chi connectivity index (χ2v) is 14.6. The number of rotatable bonds is 6. The van der Waals surface area contributed by atoms with Crippen molar-refractivity contribution in [3.63, 3.8) is 0 Å². The van der Waals surface area contributed by atoms with Crippen LogP contribution in [0.2, 0.25) is 0 Å². The predicted octanol–water partition coefficient (Wildman–Crippen LogP) is 14.6. The molecule has 0 aliphatic carbocycles. The van der Waals surface area contributed by atoms with Gasteiger partial charge in [-0.2, -0.15) is 0 Å². The summed E-state index contributed by atoms with van der Waals surface area (Å²) in [6.07, 6.45) is 0. The predicted molar refractivity (Wildman–Crippen MR) is 225 cm³/mol. The first-order chi connectivity index (χ1) is 26.7. The van der Waals surface area contributed by atoms with Crippen molar-refractivity contribution in [2.45, 2.75) is 0 Å². The number of oxazole rings is 1. The van der Waals surface area contributed by atoms with Gasteiger partial charge in [0, 0.05) is 48.2 Å². The minimum atomic E-state index is 0.602. The van der Waals surface area contributed by atoms with Crippen LogP contribution in [0.4, 0.5) is 17.1 Å². The van der Waals surface area contributed by atoms with Crippen molar-refractivity contribution in [2.24, 2.45) is 0 Å². The summed E-state index contributed by atoms with van der Waals surface area (Å²) in [6, 6.07) is 64.1. The van der Waals surface area contributed by atoms with E-state index in [9.17, 15) is 0 Å². The molecular weight excluding hydrogens is 681 g/mol. The van der Waals surface area contributed by atoms with Gasteiger partial charge in [-0.25, -0.2) is 4.98 Å². The molecule has 5 heteroatoms. The van der Waals surface area contributed by atoms with Crippen molar-refractivity contribution >= 4 is 81.6 Å². The van der Waals surface area contributed by atoms with Crippen molar-refractivity contribution in [2.75, 3.05) is 4.90 Å². The summed E-state index contributed by atoms with van der Waals surface area (Å²) in [5.74, 6) is 0.602. The molecule has 0 unspecified atom stereocenters. The van der Waals surface area contributed by atoms with Gasteiger partial charge in [0.25, 0.3) is 0 Å². The molecule has 0 aliphatic heterocycles. The molecule has 254 valence electrons. The molecule has 0 amide bonds. The molecule has 3 heterocycles. The van der Waals surface area contributed by atoms with E-state index < -0.39 is 0 Å². The van der Waals surface area contributed by atoms with Gasteiger partial charge in [-0.1, -0.05) is 97.1 Å². The highest BCUT2D eigenvalue weighted by atomic mass is 32.1. The maximum absolute atomic E-state index is 6.41. The van der Waals surface area contributed by atoms with Gasteiger partial charge < -0.3 is 13.7 Å². The van der Waals surface area contributed by atoms with E-state index in [1.165, 1.54) is 31.3 Å². The lowest BCUT2D eigenvalue weighted by Crippen LogP contribution is -2.09. The third-order valence-electron chi connectivity index (χ3n) is 10.3. The first kappa shape index (κ1) is 30.7. The zero-order valence-electron chi connectivity index (χ0n) is 28.9. The highest BCUT2D eigenvalue weighted by Crippen LogP contribution is 2.42. The van der Waals surface area contributed by atoms with E-state index in [1.54, 1.807) is 0 Å². The van der Waals surface area contributed by atoms with Crippen molar-refractivity contribution in [1.29, 1.82) is 0 Å². The van der Waals surface area contributed by atoms with Crippen LogP contribution in [-0.4, -0.2) is 4.98 Å². The highest BCUT2D eigenvalue weighted by molar-refractivity contribution is 7.25. The van der Waals surface area contributed by atoms with Crippen LogP contribution in [-0.2, 0) is 0 Å². The monoisotopic (exact) mass is 710 g/mol. The normalized spacial score (nSPS) is 11.7. The van der Waals surface area contributed by atoms with Crippen LogP contribution >= 0.6 is 11.3 Å². The third kappa shape index (κ3) is 5.09. The Morgan fingerprint density at radius 2 is 1.00 bits per heavy atom. The summed E-state index contributed by atoms with van der Waals surface area (Å²) in [4.78, 5) is 7.16. The van der Waals surface area contributed by atoms with Gasteiger partial charge in [0.15, 0.2) is 5.58 Å². The van der Waals surface area contributed by atoms with Crippen molar-refractivity contribution in [3.8, 4) is 33.7 Å². The number of nitrogens with zero attached hydrogens (tertiary/aromatic N) is 2. The van der Waals surface area contributed by atoms with Crippen LogP contribution in [0.15, 0.2) is 191 Å². The molecule has 0 bridgehead atoms. The summed E-state index contributed by atoms with van der Waals surface area (Å²) in [5, 5.41) is 4.50. The summed E-state index contributed by atoms with van der Waals surface area (Å²) in [7, 11) is 0. The molecule has 54 heavy (non-hydrogen) atoms. The number of hydrogen-bond acceptors (Lipinski definition) is 5. The number of aromatic nitrogens is 1. The molecular formula is C49H30N2O2S. The Balaban J connectivity index is 1.01. The Bertz CT molecular complexity index is 3140. The Kier molecular flexibility index (Phi) is 7.00. The van der Waals surface area contributed by atoms with Gasteiger partial charge in [-0.05, 0) is 107 Å². The summed E-state index contributed by atoms with van der Waals surface area (Å²) < 4.78 is 15.3. The van der Waals surface area contributed by atoms with Crippen LogP contribution in [0.5, 0.6) is 0 Å². The van der Waals surface area contributed by atoms with Gasteiger partial charge >= 0.3 is 0 Å². The molecule has 4 nitrogen and oxygen atoms in total. The van der Waals surface area contributed by atoms with E-state index in [2.05, 4.69) is 144 Å². The lowest BCUT2D eigenvalue weighted by Gasteiger charge is -2.26. The summed E-state index contributed by atoms with van der Waals surface area (Å²) in [5.41, 5.74) is 12.0. The van der Waals surface area contributed by atoms with Gasteiger partial charge in [0.05, 0.1) is 5.39 Å². The number of benzene rings is 8. The summed E-state index contributed by atoms with van der Waals surface area (Å²) >= 11 is 1.84. The van der Waals surface area contributed by atoms with Gasteiger partial charge in [0.2, 0.25) is 5.89 Å². The Morgan fingerprint density at radius 1 is 0.407 bits per heavy atom. The number of hydrogen-bond donors (Lipinski definition) is 0. The second-order valence-electron chi connectivity index (χ2n) is 13.6. The van der Waals surface area contributed by atoms with Crippen molar-refractivity contribution in [1.82, 2.24) is 4.98 Å². The van der Waals surface area contributed by atoms with Gasteiger partial charge in [-0.15, -0.1) is 11.3 Å². The molecule has 0 aliphatic rings. The number of thiophene rings is 1. The van der Waals surface area contributed by atoms with Gasteiger partial charge in [0.1, 0.15) is 16.7 Å². The maximum atomic E-state index is 6.41. The van der Waals surface area contributed by atoms with Crippen LogP contribution in [0.1, 0.15) is 0 Å². The SMILES string of the molecule is c1ccc(-c2ccc(N(c3ccc(-c4ccc5oc6ccc7nc(-c8ccccc8)oc7c6c5c4)cc3)c3ccc4sc5ccccc5c4c3)cc2)cc1. The highest BCUT2D eigenvalue weighted by Gasteiger charge is 2.19. The molecule has 0 fully saturated rings. The van der Waals surface area contributed by atoms with Crippen LogP contribution < -0.4 is 4.90 Å². The van der Waals surface area contributed by atoms with E-state index in [0.717, 1.165) is 66.8 Å². The van der Waals surface area contributed by atoms with E-state index in [-0.39, 0.29) is 0 Å². The van der Waals surface area contributed by atoms with Crippen molar-refractivity contribution < 1.29 is 8.83 Å². The van der Waals surface area contributed by atoms with Crippen molar-refractivity contribution in [3.05, 3.63) is 182 Å². The standard InChI is InChI=1S/C49H30N2O2S/c1-3-9-31(10-4-1)32-15-20-36(21-16-32)51(38-24-28-46-40(30-38)39-13-7-8-14-45(39)54-46)37-22-17-33(18-23-37)35-19-26-43-41(29-35)47-44(52-43)27-25-42-48(47)53-49(50-42)34-11-5-2-6-12-34/h1-30H. The van der Waals surface area contributed by atoms with E-state index in [0.29, 0.717) is 5.89 Å². The van der Waals surface area contributed by atoms with E-state index in [4.69, 9.17) is 13.8 Å². The molecule has 0 saturated carbocycles. The molecule has 0 N–H and O–H groups in total. The molecule has 3 aromatic heterocycles. The van der Waals surface area contributed by atoms with Crippen LogP contribution in [0.3, 0.4) is 0 Å². The number of fused-ring (bicyclic) bond motifs is 8. The minimum absolute atomic E-state index is 0.602. The Hall–Kier alpha value is -6.95. The molecule has 11 aromatic rings. The number of anilines is 3. The fraction of sp³-hybridized carbons (Fsp3) is 0. The topological polar surface area (TPSA) is 42.4 Å². The van der Waals surface area contributed by atoms with E-state index in [1.807, 2.05) is 53.8 Å². The fourth-order valence-corrected chi connectivity index (χ4v) is 8.75. The molecule has 0 saturated heterocycles. The summed E-state index contributed by atoms with van der Waals surface area (Å²) in [6.45, 7) is 0. The first-order valence-electron chi connectivity index (χ1n) is 18.0. The Morgan fingerprint density at radius 3 is 1.76 bits per heavy atom. The Labute approximate surface area is 314 Å². The smallest absolute Gasteiger partial charge is 0.227 e. The zero-order valence-corrected chi connectivity index (χ0v) is 29.8. The lowest BCUT2D eigenvalue weighted by molar-refractivity contribution is 0.622. The molecule has 0 atom stereocenters. The molecule has 11 rings (SSSR count). The first-order valence-corrected chi connectivity index (χ1v) is 18.8. The molecule has 0 spiro atoms. The largest absolute Gasteiger partial charge is 0.456 e. The lowest BCUT2D eigenvalue weighted by atomic mass is 10.0. The zero-order chi connectivity index (χ0) is 35.6. The van der Waals surface area contributed by atoms with Crippen LogP contribution in [0.25, 0.3) is 86.9 Å². The second kappa shape index (κ2) is 12.3. The minimum Gasteiger partial charge on any atom is -0.456 e. The third-order valence-corrected chi connectivity index (χ3v) is 11.5. The fourth-order valence-electron chi connectivity index (χ4n) is 7.67. The van der Waals surface area contributed by atoms with Gasteiger partial charge in [-0.3, -0.25) is 0 Å². The van der Waals surface area contributed by atoms with Crippen LogP contribution in [0, 0.1) is 0 Å². The van der Waals surface area contributed by atoms with E-state index >= 15 is 0 Å². The average molecular weight is 711 g/mol. The maximum Gasteiger partial charge on any atom is 0.227 e. The average Bonchev–Trinajstić information content (AvgIpc) is 3.95.